The minimum absolute atomic E-state index is 0.105. The molecule has 0 aromatic rings. The second kappa shape index (κ2) is 5.99. The Morgan fingerprint density at radius 2 is 2.00 bits per heavy atom. The summed E-state index contributed by atoms with van der Waals surface area (Å²) in [6, 6.07) is 2.36. The topological polar surface area (TPSA) is 56.0 Å². The van der Waals surface area contributed by atoms with Crippen LogP contribution in [0.4, 0.5) is 0 Å². The highest BCUT2D eigenvalue weighted by atomic mass is 16.3. The Balaban J connectivity index is 3.78. The van der Waals surface area contributed by atoms with E-state index in [1.54, 1.807) is 0 Å². The van der Waals surface area contributed by atoms with Gasteiger partial charge in [0.25, 0.3) is 0 Å². The van der Waals surface area contributed by atoms with Crippen molar-refractivity contribution in [1.82, 2.24) is 5.32 Å². The van der Waals surface area contributed by atoms with E-state index in [1.165, 1.54) is 0 Å². The number of nitrogens with one attached hydrogen (secondary N) is 1. The van der Waals surface area contributed by atoms with Crippen LogP contribution in [0, 0.1) is 17.2 Å². The first-order chi connectivity index (χ1) is 5.61. The second-order valence-corrected chi connectivity index (χ2v) is 3.46. The lowest BCUT2D eigenvalue weighted by Gasteiger charge is -2.23. The Morgan fingerprint density at radius 1 is 1.42 bits per heavy atom. The van der Waals surface area contributed by atoms with Crippen LogP contribution < -0.4 is 5.32 Å². The molecule has 0 bridgehead atoms. The molecule has 0 saturated heterocycles. The first kappa shape index (κ1) is 11.4. The molecule has 12 heavy (non-hydrogen) atoms. The monoisotopic (exact) mass is 170 g/mol. The molecule has 0 fully saturated rings. The van der Waals surface area contributed by atoms with Gasteiger partial charge in [-0.05, 0) is 12.8 Å². The van der Waals surface area contributed by atoms with Gasteiger partial charge < -0.3 is 10.4 Å². The summed E-state index contributed by atoms with van der Waals surface area (Å²) in [6.45, 7) is 6.18. The normalized spacial score (nSPS) is 15.7. The Morgan fingerprint density at radius 3 is 2.33 bits per heavy atom. The van der Waals surface area contributed by atoms with E-state index in [9.17, 15) is 0 Å². The first-order valence-corrected chi connectivity index (χ1v) is 4.35. The molecule has 0 spiro atoms. The Kier molecular flexibility index (Phi) is 5.69. The van der Waals surface area contributed by atoms with Crippen molar-refractivity contribution in [3.05, 3.63) is 0 Å². The van der Waals surface area contributed by atoms with Crippen molar-refractivity contribution >= 4 is 0 Å². The van der Waals surface area contributed by atoms with E-state index >= 15 is 0 Å². The van der Waals surface area contributed by atoms with Gasteiger partial charge in [0, 0.05) is 12.1 Å². The fourth-order valence-corrected chi connectivity index (χ4v) is 1.02. The summed E-state index contributed by atoms with van der Waals surface area (Å²) in [5, 5.41) is 20.6. The maximum absolute atomic E-state index is 8.97. The van der Waals surface area contributed by atoms with Gasteiger partial charge in [-0.2, -0.15) is 5.26 Å². The van der Waals surface area contributed by atoms with E-state index in [-0.39, 0.29) is 18.7 Å². The average Bonchev–Trinajstić information content (AvgIpc) is 2.00. The molecule has 0 aliphatic rings. The largest absolute Gasteiger partial charge is 0.395 e. The van der Waals surface area contributed by atoms with Crippen molar-refractivity contribution < 1.29 is 5.11 Å². The molecule has 0 rings (SSSR count). The molecule has 2 atom stereocenters. The zero-order valence-electron chi connectivity index (χ0n) is 8.04. The fraction of sp³-hybridized carbons (Fsp3) is 0.889. The quantitative estimate of drug-likeness (QED) is 0.644. The van der Waals surface area contributed by atoms with Gasteiger partial charge in [-0.25, -0.2) is 0 Å². The van der Waals surface area contributed by atoms with Crippen molar-refractivity contribution in [2.45, 2.75) is 39.3 Å². The fourth-order valence-electron chi connectivity index (χ4n) is 1.02. The van der Waals surface area contributed by atoms with Gasteiger partial charge in [-0.3, -0.25) is 0 Å². The lowest BCUT2D eigenvalue weighted by Crippen LogP contribution is -2.42. The highest BCUT2D eigenvalue weighted by Crippen LogP contribution is 2.02. The van der Waals surface area contributed by atoms with E-state index < -0.39 is 0 Å². The van der Waals surface area contributed by atoms with E-state index in [1.807, 2.05) is 20.8 Å². The second-order valence-electron chi connectivity index (χ2n) is 3.46. The van der Waals surface area contributed by atoms with Gasteiger partial charge in [0.15, 0.2) is 0 Å². The molecule has 0 amide bonds. The molecule has 3 nitrogen and oxygen atoms in total. The third-order valence-electron chi connectivity index (χ3n) is 1.90. The van der Waals surface area contributed by atoms with Gasteiger partial charge >= 0.3 is 0 Å². The molecule has 70 valence electrons. The molecule has 0 aliphatic heterocycles. The summed E-state index contributed by atoms with van der Waals surface area (Å²) < 4.78 is 0. The molecule has 2 N–H and O–H groups in total. The summed E-state index contributed by atoms with van der Waals surface area (Å²) in [7, 11) is 0. The van der Waals surface area contributed by atoms with Gasteiger partial charge in [0.1, 0.15) is 0 Å². The lowest BCUT2D eigenvalue weighted by atomic mass is 10.0. The van der Waals surface area contributed by atoms with Crippen LogP contribution in [0.1, 0.15) is 27.2 Å². The standard InChI is InChI=1S/C9H18N2O/c1-7(2)9(6-12)11-8(3)4-5-10/h7-9,11-12H,4,6H2,1-3H3. The number of hydrogen-bond donors (Lipinski definition) is 2. The van der Waals surface area contributed by atoms with Crippen LogP contribution in [-0.4, -0.2) is 23.8 Å². The minimum Gasteiger partial charge on any atom is -0.395 e. The SMILES string of the molecule is CC(CC#N)NC(CO)C(C)C. The maximum atomic E-state index is 8.97. The Hall–Kier alpha value is -0.590. The van der Waals surface area contributed by atoms with Crippen LogP contribution in [0.15, 0.2) is 0 Å². The summed E-state index contributed by atoms with van der Waals surface area (Å²) in [4.78, 5) is 0. The zero-order valence-corrected chi connectivity index (χ0v) is 8.04. The van der Waals surface area contributed by atoms with E-state index in [0.29, 0.717) is 12.3 Å². The van der Waals surface area contributed by atoms with Crippen molar-refractivity contribution in [1.29, 1.82) is 5.26 Å². The van der Waals surface area contributed by atoms with Crippen LogP contribution in [0.5, 0.6) is 0 Å². The zero-order chi connectivity index (χ0) is 9.56. The molecule has 0 aromatic heterocycles. The molecule has 2 unspecified atom stereocenters. The van der Waals surface area contributed by atoms with Gasteiger partial charge in [0.2, 0.25) is 0 Å². The highest BCUT2D eigenvalue weighted by molar-refractivity contribution is 4.81. The van der Waals surface area contributed by atoms with Crippen LogP contribution in [0.2, 0.25) is 0 Å². The average molecular weight is 170 g/mol. The van der Waals surface area contributed by atoms with Crippen LogP contribution in [-0.2, 0) is 0 Å². The van der Waals surface area contributed by atoms with Crippen LogP contribution >= 0.6 is 0 Å². The predicted octanol–water partition coefficient (Wildman–Crippen LogP) is 0.895. The summed E-state index contributed by atoms with van der Waals surface area (Å²) >= 11 is 0. The minimum atomic E-state index is 0.105. The van der Waals surface area contributed by atoms with Crippen molar-refractivity contribution in [3.8, 4) is 6.07 Å². The van der Waals surface area contributed by atoms with Crippen molar-refractivity contribution in [3.63, 3.8) is 0 Å². The number of aliphatic hydroxyl groups is 1. The number of nitriles is 1. The Labute approximate surface area is 74.4 Å². The molecular weight excluding hydrogens is 152 g/mol. The van der Waals surface area contributed by atoms with Crippen LogP contribution in [0.3, 0.4) is 0 Å². The molecule has 0 radical (unpaired) electrons. The molecule has 0 saturated carbocycles. The van der Waals surface area contributed by atoms with Gasteiger partial charge in [-0.1, -0.05) is 13.8 Å². The molecular formula is C9H18N2O. The summed E-state index contributed by atoms with van der Waals surface area (Å²) in [5.74, 6) is 0.399. The van der Waals surface area contributed by atoms with Crippen molar-refractivity contribution in [2.24, 2.45) is 5.92 Å². The van der Waals surface area contributed by atoms with Crippen molar-refractivity contribution in [2.75, 3.05) is 6.61 Å². The van der Waals surface area contributed by atoms with Gasteiger partial charge in [0.05, 0.1) is 19.1 Å². The third kappa shape index (κ3) is 4.32. The molecule has 0 aliphatic carbocycles. The van der Waals surface area contributed by atoms with E-state index in [2.05, 4.69) is 11.4 Å². The first-order valence-electron chi connectivity index (χ1n) is 4.35. The summed E-state index contributed by atoms with van der Waals surface area (Å²) in [6.07, 6.45) is 0.489. The molecule has 3 heteroatoms. The van der Waals surface area contributed by atoms with E-state index in [0.717, 1.165) is 0 Å². The number of rotatable bonds is 5. The maximum Gasteiger partial charge on any atom is 0.0638 e. The molecule has 0 heterocycles. The smallest absolute Gasteiger partial charge is 0.0638 e. The third-order valence-corrected chi connectivity index (χ3v) is 1.90. The lowest BCUT2D eigenvalue weighted by molar-refractivity contribution is 0.201. The highest BCUT2D eigenvalue weighted by Gasteiger charge is 2.13. The number of aliphatic hydroxyl groups excluding tert-OH is 1. The predicted molar refractivity (Wildman–Crippen MR) is 48.5 cm³/mol. The van der Waals surface area contributed by atoms with Crippen LogP contribution in [0.25, 0.3) is 0 Å². The van der Waals surface area contributed by atoms with E-state index in [4.69, 9.17) is 10.4 Å². The number of nitrogens with zero attached hydrogens (tertiary/aromatic N) is 1. The Bertz CT molecular complexity index is 151. The van der Waals surface area contributed by atoms with Gasteiger partial charge in [-0.15, -0.1) is 0 Å². The number of hydrogen-bond acceptors (Lipinski definition) is 3. The summed E-state index contributed by atoms with van der Waals surface area (Å²) in [5.41, 5.74) is 0. The molecule has 0 aromatic carbocycles.